The lowest BCUT2D eigenvalue weighted by Gasteiger charge is -2.15. The van der Waals surface area contributed by atoms with Gasteiger partial charge in [0.2, 0.25) is 5.28 Å². The number of halogens is 2. The predicted molar refractivity (Wildman–Crippen MR) is 74.5 cm³/mol. The Morgan fingerprint density at radius 1 is 1.52 bits per heavy atom. The van der Waals surface area contributed by atoms with Crippen LogP contribution >= 0.6 is 11.6 Å². The van der Waals surface area contributed by atoms with Gasteiger partial charge in [-0.2, -0.15) is 9.97 Å². The van der Waals surface area contributed by atoms with Gasteiger partial charge in [0.25, 0.3) is 0 Å². The molecule has 21 heavy (non-hydrogen) atoms. The van der Waals surface area contributed by atoms with Gasteiger partial charge in [0, 0.05) is 0 Å². The van der Waals surface area contributed by atoms with Crippen LogP contribution in [0.1, 0.15) is 26.0 Å². The van der Waals surface area contributed by atoms with Crippen molar-refractivity contribution in [1.29, 1.82) is 0 Å². The zero-order chi connectivity index (χ0) is 15.1. The standard InChI is InChI=1S/C12H15ClFN5O2/c1-2-3-5-8(20)6(14)11(21-5)19-4-16-7-9(15)17-12(13)18-10(7)19/h4-6,8,11,20H,2-3H2,1H3,(H2,15,17,18)/t5-,6+,8-,11?/m1/s1. The number of hydrogen-bond acceptors (Lipinski definition) is 6. The number of aliphatic hydroxyl groups excluding tert-OH is 1. The van der Waals surface area contributed by atoms with Crippen molar-refractivity contribution in [3.63, 3.8) is 0 Å². The molecule has 1 fully saturated rings. The van der Waals surface area contributed by atoms with Crippen LogP contribution in [0.5, 0.6) is 0 Å². The van der Waals surface area contributed by atoms with Crippen molar-refractivity contribution >= 4 is 28.6 Å². The Kier molecular flexibility index (Phi) is 3.68. The van der Waals surface area contributed by atoms with Crippen LogP contribution < -0.4 is 5.73 Å². The maximum Gasteiger partial charge on any atom is 0.226 e. The van der Waals surface area contributed by atoms with Crippen molar-refractivity contribution in [3.05, 3.63) is 11.6 Å². The molecule has 1 saturated heterocycles. The molecule has 0 aromatic carbocycles. The molecule has 1 aliphatic rings. The zero-order valence-electron chi connectivity index (χ0n) is 11.3. The third kappa shape index (κ3) is 2.33. The molecule has 1 unspecified atom stereocenters. The first-order chi connectivity index (χ1) is 10.0. The van der Waals surface area contributed by atoms with E-state index in [2.05, 4.69) is 15.0 Å². The first kappa shape index (κ1) is 14.4. The Morgan fingerprint density at radius 2 is 2.29 bits per heavy atom. The number of ether oxygens (including phenoxy) is 1. The first-order valence-corrected chi connectivity index (χ1v) is 7.04. The fraction of sp³-hybridized carbons (Fsp3) is 0.583. The molecular weight excluding hydrogens is 301 g/mol. The second-order valence-electron chi connectivity index (χ2n) is 4.99. The molecule has 3 heterocycles. The van der Waals surface area contributed by atoms with Gasteiger partial charge in [-0.15, -0.1) is 0 Å². The van der Waals surface area contributed by atoms with Crippen LogP contribution in [0.15, 0.2) is 6.33 Å². The largest absolute Gasteiger partial charge is 0.387 e. The van der Waals surface area contributed by atoms with Gasteiger partial charge in [0.05, 0.1) is 12.4 Å². The topological polar surface area (TPSA) is 99.1 Å². The van der Waals surface area contributed by atoms with Crippen molar-refractivity contribution < 1.29 is 14.2 Å². The molecule has 2 aromatic rings. The van der Waals surface area contributed by atoms with E-state index in [1.807, 2.05) is 6.92 Å². The lowest BCUT2D eigenvalue weighted by atomic mass is 10.1. The van der Waals surface area contributed by atoms with Gasteiger partial charge < -0.3 is 15.6 Å². The molecule has 0 saturated carbocycles. The number of rotatable bonds is 3. The maximum absolute atomic E-state index is 14.3. The number of alkyl halides is 1. The summed E-state index contributed by atoms with van der Waals surface area (Å²) in [6.07, 6.45) is -1.59. The molecule has 0 bridgehead atoms. The quantitative estimate of drug-likeness (QED) is 0.832. The Bertz CT molecular complexity index is 666. The summed E-state index contributed by atoms with van der Waals surface area (Å²) < 4.78 is 21.3. The molecule has 0 spiro atoms. The third-order valence-electron chi connectivity index (χ3n) is 3.56. The van der Waals surface area contributed by atoms with Crippen molar-refractivity contribution in [2.75, 3.05) is 5.73 Å². The van der Waals surface area contributed by atoms with Gasteiger partial charge in [-0.1, -0.05) is 13.3 Å². The lowest BCUT2D eigenvalue weighted by Crippen LogP contribution is -2.28. The van der Waals surface area contributed by atoms with E-state index in [-0.39, 0.29) is 16.7 Å². The summed E-state index contributed by atoms with van der Waals surface area (Å²) >= 11 is 5.78. The molecule has 1 aliphatic heterocycles. The number of aromatic nitrogens is 4. The lowest BCUT2D eigenvalue weighted by molar-refractivity contribution is -0.0261. The summed E-state index contributed by atoms with van der Waals surface area (Å²) in [7, 11) is 0. The van der Waals surface area contributed by atoms with Crippen LogP contribution in [-0.2, 0) is 4.74 Å². The van der Waals surface area contributed by atoms with Crippen molar-refractivity contribution in [2.24, 2.45) is 0 Å². The minimum Gasteiger partial charge on any atom is -0.387 e. The highest BCUT2D eigenvalue weighted by Gasteiger charge is 2.45. The monoisotopic (exact) mass is 315 g/mol. The number of anilines is 1. The summed E-state index contributed by atoms with van der Waals surface area (Å²) in [5.41, 5.74) is 6.32. The van der Waals surface area contributed by atoms with Crippen molar-refractivity contribution in [3.8, 4) is 0 Å². The Labute approximate surface area is 124 Å². The minimum absolute atomic E-state index is 0.0548. The summed E-state index contributed by atoms with van der Waals surface area (Å²) in [6, 6.07) is 0. The number of nitrogen functional groups attached to an aromatic ring is 1. The normalized spacial score (nSPS) is 29.3. The van der Waals surface area contributed by atoms with Crippen LogP contribution in [0, 0.1) is 0 Å². The second-order valence-corrected chi connectivity index (χ2v) is 5.33. The summed E-state index contributed by atoms with van der Waals surface area (Å²) in [4.78, 5) is 11.9. The van der Waals surface area contributed by atoms with E-state index in [1.54, 1.807) is 0 Å². The van der Waals surface area contributed by atoms with E-state index >= 15 is 0 Å². The smallest absolute Gasteiger partial charge is 0.226 e. The van der Waals surface area contributed by atoms with E-state index in [0.29, 0.717) is 11.9 Å². The van der Waals surface area contributed by atoms with Crippen molar-refractivity contribution in [2.45, 2.75) is 44.4 Å². The Hall–Kier alpha value is -1.51. The first-order valence-electron chi connectivity index (χ1n) is 6.66. The van der Waals surface area contributed by atoms with E-state index in [1.165, 1.54) is 10.9 Å². The van der Waals surface area contributed by atoms with Gasteiger partial charge in [0.15, 0.2) is 23.9 Å². The second kappa shape index (κ2) is 5.36. The molecule has 0 aliphatic carbocycles. The number of aliphatic hydroxyl groups is 1. The summed E-state index contributed by atoms with van der Waals surface area (Å²) in [6.45, 7) is 1.94. The molecule has 114 valence electrons. The third-order valence-corrected chi connectivity index (χ3v) is 3.73. The van der Waals surface area contributed by atoms with Gasteiger partial charge in [-0.3, -0.25) is 4.57 Å². The number of imidazole rings is 1. The molecule has 9 heteroatoms. The number of nitrogens with zero attached hydrogens (tertiary/aromatic N) is 4. The van der Waals surface area contributed by atoms with E-state index in [0.717, 1.165) is 6.42 Å². The van der Waals surface area contributed by atoms with Crippen LogP contribution in [0.2, 0.25) is 5.28 Å². The molecule has 0 amide bonds. The molecule has 0 radical (unpaired) electrons. The molecule has 7 nitrogen and oxygen atoms in total. The van der Waals surface area contributed by atoms with Crippen molar-refractivity contribution in [1.82, 2.24) is 19.5 Å². The Morgan fingerprint density at radius 3 is 3.00 bits per heavy atom. The fourth-order valence-corrected chi connectivity index (χ4v) is 2.72. The highest BCUT2D eigenvalue weighted by atomic mass is 35.5. The highest BCUT2D eigenvalue weighted by molar-refractivity contribution is 6.28. The molecule has 3 N–H and O–H groups in total. The van der Waals surface area contributed by atoms with Crippen LogP contribution in [0.25, 0.3) is 11.2 Å². The van der Waals surface area contributed by atoms with Crippen LogP contribution in [-0.4, -0.2) is 43.0 Å². The molecule has 3 rings (SSSR count). The average molecular weight is 316 g/mol. The fourth-order valence-electron chi connectivity index (χ4n) is 2.55. The zero-order valence-corrected chi connectivity index (χ0v) is 12.0. The summed E-state index contributed by atoms with van der Waals surface area (Å²) in [5.74, 6) is 0.114. The summed E-state index contributed by atoms with van der Waals surface area (Å²) in [5, 5.41) is 9.87. The predicted octanol–water partition coefficient (Wildman–Crippen LogP) is 1.46. The van der Waals surface area contributed by atoms with Crippen LogP contribution in [0.3, 0.4) is 0 Å². The van der Waals surface area contributed by atoms with Gasteiger partial charge in [-0.05, 0) is 18.0 Å². The SMILES string of the molecule is CCC[C@H]1OC(n2cnc3c(N)nc(Cl)nc32)[C@@H](F)[C@@H]1O. The Balaban J connectivity index is 2.01. The molecule has 2 aromatic heterocycles. The average Bonchev–Trinajstić information content (AvgIpc) is 2.96. The van der Waals surface area contributed by atoms with E-state index < -0.39 is 24.6 Å². The molecule has 4 atom stereocenters. The maximum atomic E-state index is 14.3. The van der Waals surface area contributed by atoms with E-state index in [4.69, 9.17) is 22.1 Å². The van der Waals surface area contributed by atoms with Crippen LogP contribution in [0.4, 0.5) is 10.2 Å². The van der Waals surface area contributed by atoms with E-state index in [9.17, 15) is 9.50 Å². The van der Waals surface area contributed by atoms with Gasteiger partial charge in [0.1, 0.15) is 11.6 Å². The highest BCUT2D eigenvalue weighted by Crippen LogP contribution is 2.35. The molecular formula is C12H15ClFN5O2. The number of hydrogen-bond donors (Lipinski definition) is 2. The minimum atomic E-state index is -1.58. The van der Waals surface area contributed by atoms with Gasteiger partial charge >= 0.3 is 0 Å². The number of nitrogens with two attached hydrogens (primary N) is 1. The number of fused-ring (bicyclic) bond motifs is 1. The van der Waals surface area contributed by atoms with Gasteiger partial charge in [-0.25, -0.2) is 9.37 Å².